The normalized spacial score (nSPS) is 8.15. The first-order valence-corrected chi connectivity index (χ1v) is 3.63. The van der Waals surface area contributed by atoms with E-state index < -0.39 is 0 Å². The van der Waals surface area contributed by atoms with Crippen molar-refractivity contribution in [3.8, 4) is 5.75 Å². The SMILES string of the molecule is CCCOc1[c-]cccc1F.[Br-].[Mg+2]. The minimum atomic E-state index is -0.346. The molecule has 0 heterocycles. The third-order valence-electron chi connectivity index (χ3n) is 1.22. The van der Waals surface area contributed by atoms with Gasteiger partial charge in [0.1, 0.15) is 0 Å². The van der Waals surface area contributed by atoms with E-state index in [-0.39, 0.29) is 51.6 Å². The van der Waals surface area contributed by atoms with Gasteiger partial charge in [-0.3, -0.25) is 4.39 Å². The monoisotopic (exact) mass is 256 g/mol. The number of hydrogen-bond acceptors (Lipinski definition) is 1. The predicted octanol–water partition coefficient (Wildman–Crippen LogP) is -0.962. The predicted molar refractivity (Wildman–Crippen MR) is 46.8 cm³/mol. The second kappa shape index (κ2) is 8.78. The van der Waals surface area contributed by atoms with Crippen LogP contribution in [0.5, 0.6) is 5.75 Å². The van der Waals surface area contributed by atoms with E-state index in [2.05, 4.69) is 6.07 Å². The Kier molecular flexibility index (Phi) is 10.6. The van der Waals surface area contributed by atoms with Crippen molar-refractivity contribution in [3.63, 3.8) is 0 Å². The molecule has 0 N–H and O–H groups in total. The van der Waals surface area contributed by atoms with Gasteiger partial charge in [-0.15, -0.1) is 12.1 Å². The van der Waals surface area contributed by atoms with E-state index in [0.29, 0.717) is 6.61 Å². The fourth-order valence-electron chi connectivity index (χ4n) is 0.716. The molecule has 0 amide bonds. The molecule has 1 rings (SSSR count). The quantitative estimate of drug-likeness (QED) is 0.500. The van der Waals surface area contributed by atoms with Gasteiger partial charge in [0.25, 0.3) is 0 Å². The van der Waals surface area contributed by atoms with Gasteiger partial charge >= 0.3 is 23.1 Å². The van der Waals surface area contributed by atoms with E-state index in [1.165, 1.54) is 6.07 Å². The van der Waals surface area contributed by atoms with Crippen molar-refractivity contribution in [1.29, 1.82) is 0 Å². The minimum Gasteiger partial charge on any atom is -1.00 e. The number of hydrogen-bond donors (Lipinski definition) is 0. The van der Waals surface area contributed by atoms with E-state index in [9.17, 15) is 4.39 Å². The number of ether oxygens (including phenoxy) is 1. The number of halogens is 2. The van der Waals surface area contributed by atoms with Crippen LogP contribution in [-0.4, -0.2) is 29.7 Å². The maximum Gasteiger partial charge on any atom is 2.00 e. The molecule has 0 atom stereocenters. The molecular weight excluding hydrogens is 247 g/mol. The van der Waals surface area contributed by atoms with E-state index >= 15 is 0 Å². The van der Waals surface area contributed by atoms with Gasteiger partial charge in [0.2, 0.25) is 0 Å². The molecule has 4 heteroatoms. The van der Waals surface area contributed by atoms with Crippen molar-refractivity contribution in [3.05, 3.63) is 30.1 Å². The summed E-state index contributed by atoms with van der Waals surface area (Å²) in [5.74, 6) is -0.129. The Hall–Kier alpha value is 0.196. The van der Waals surface area contributed by atoms with E-state index in [1.54, 1.807) is 12.1 Å². The second-order valence-corrected chi connectivity index (χ2v) is 2.20. The second-order valence-electron chi connectivity index (χ2n) is 2.20. The van der Waals surface area contributed by atoms with Crippen molar-refractivity contribution in [1.82, 2.24) is 0 Å². The van der Waals surface area contributed by atoms with Crippen LogP contribution in [0.1, 0.15) is 13.3 Å². The van der Waals surface area contributed by atoms with Crippen LogP contribution < -0.4 is 21.7 Å². The summed E-state index contributed by atoms with van der Waals surface area (Å²) in [6.45, 7) is 2.51. The van der Waals surface area contributed by atoms with Gasteiger partial charge in [-0.05, 0) is 6.42 Å². The summed E-state index contributed by atoms with van der Waals surface area (Å²) in [6.07, 6.45) is 0.877. The fraction of sp³-hybridized carbons (Fsp3) is 0.333. The molecule has 1 aromatic carbocycles. The standard InChI is InChI=1S/C9H10FO.BrH.Mg/c1-2-7-11-9-6-4-3-5-8(9)10;;/h3-5H,2,7H2,1H3;1H;/q-1;;+2/p-1. The van der Waals surface area contributed by atoms with Crippen LogP contribution in [0.3, 0.4) is 0 Å². The topological polar surface area (TPSA) is 9.23 Å². The number of rotatable bonds is 3. The van der Waals surface area contributed by atoms with Gasteiger partial charge in [-0.25, -0.2) is 0 Å². The van der Waals surface area contributed by atoms with Gasteiger partial charge in [0.05, 0.1) is 6.61 Å². The van der Waals surface area contributed by atoms with Crippen LogP contribution in [0, 0.1) is 11.9 Å². The summed E-state index contributed by atoms with van der Waals surface area (Å²) in [4.78, 5) is 0. The first-order chi connectivity index (χ1) is 5.34. The number of para-hydroxylation sites is 1. The average Bonchev–Trinajstić information content (AvgIpc) is 2.03. The molecule has 0 unspecified atom stereocenters. The molecular formula is C9H10BrFMgO. The van der Waals surface area contributed by atoms with E-state index in [1.807, 2.05) is 6.92 Å². The summed E-state index contributed by atoms with van der Waals surface area (Å²) in [6, 6.07) is 7.26. The first-order valence-electron chi connectivity index (χ1n) is 3.63. The van der Waals surface area contributed by atoms with Gasteiger partial charge in [-0.2, -0.15) is 12.1 Å². The van der Waals surface area contributed by atoms with Crippen LogP contribution in [-0.2, 0) is 0 Å². The van der Waals surface area contributed by atoms with E-state index in [0.717, 1.165) is 6.42 Å². The molecule has 0 saturated carbocycles. The minimum absolute atomic E-state index is 0. The molecule has 0 aromatic heterocycles. The Morgan fingerprint density at radius 2 is 2.23 bits per heavy atom. The van der Waals surface area contributed by atoms with Crippen molar-refractivity contribution < 1.29 is 26.1 Å². The molecule has 0 saturated heterocycles. The Balaban J connectivity index is 0. The smallest absolute Gasteiger partial charge is 1.00 e. The molecule has 0 radical (unpaired) electrons. The van der Waals surface area contributed by atoms with Gasteiger partial charge in [0, 0.05) is 11.6 Å². The fourth-order valence-corrected chi connectivity index (χ4v) is 0.716. The van der Waals surface area contributed by atoms with Crippen molar-refractivity contribution in [2.24, 2.45) is 0 Å². The molecule has 0 spiro atoms. The first kappa shape index (κ1) is 15.7. The van der Waals surface area contributed by atoms with Crippen LogP contribution in [0.2, 0.25) is 0 Å². The Morgan fingerprint density at radius 1 is 1.54 bits per heavy atom. The van der Waals surface area contributed by atoms with Gasteiger partial charge in [0.15, 0.2) is 0 Å². The largest absolute Gasteiger partial charge is 2.00 e. The van der Waals surface area contributed by atoms with Crippen LogP contribution >= 0.6 is 0 Å². The summed E-state index contributed by atoms with van der Waals surface area (Å²) in [5, 5.41) is 0. The maximum absolute atomic E-state index is 12.8. The third kappa shape index (κ3) is 5.49. The Labute approximate surface area is 105 Å². The van der Waals surface area contributed by atoms with Crippen molar-refractivity contribution in [2.45, 2.75) is 13.3 Å². The van der Waals surface area contributed by atoms with Crippen LogP contribution in [0.15, 0.2) is 18.2 Å². The zero-order valence-corrected chi connectivity index (χ0v) is 10.5. The molecule has 1 nitrogen and oxygen atoms in total. The summed E-state index contributed by atoms with van der Waals surface area (Å²) in [7, 11) is 0. The molecule has 0 aliphatic rings. The average molecular weight is 257 g/mol. The van der Waals surface area contributed by atoms with Crippen molar-refractivity contribution >= 4 is 23.1 Å². The Morgan fingerprint density at radius 3 is 2.77 bits per heavy atom. The van der Waals surface area contributed by atoms with E-state index in [4.69, 9.17) is 4.74 Å². The molecule has 13 heavy (non-hydrogen) atoms. The number of benzene rings is 1. The van der Waals surface area contributed by atoms with Crippen LogP contribution in [0.25, 0.3) is 0 Å². The van der Waals surface area contributed by atoms with Crippen LogP contribution in [0.4, 0.5) is 4.39 Å². The molecule has 68 valence electrons. The summed E-state index contributed by atoms with van der Waals surface area (Å²) >= 11 is 0. The maximum atomic E-state index is 12.8. The van der Waals surface area contributed by atoms with Gasteiger partial charge in [-0.1, -0.05) is 6.92 Å². The van der Waals surface area contributed by atoms with Crippen molar-refractivity contribution in [2.75, 3.05) is 6.61 Å². The molecule has 0 aliphatic heterocycles. The zero-order valence-electron chi connectivity index (χ0n) is 7.52. The van der Waals surface area contributed by atoms with Gasteiger partial charge < -0.3 is 21.7 Å². The molecule has 0 aliphatic carbocycles. The Bertz CT molecular complexity index is 233. The molecule has 0 fully saturated rings. The zero-order chi connectivity index (χ0) is 8.10. The summed E-state index contributed by atoms with van der Waals surface area (Å²) < 4.78 is 17.8. The molecule has 0 bridgehead atoms. The third-order valence-corrected chi connectivity index (χ3v) is 1.22. The summed E-state index contributed by atoms with van der Waals surface area (Å²) in [5.41, 5.74) is 0. The molecule has 1 aromatic rings.